The summed E-state index contributed by atoms with van der Waals surface area (Å²) in [5.74, 6) is -6.27. The van der Waals surface area contributed by atoms with E-state index in [1.807, 2.05) is 0 Å². The molecule has 0 aliphatic carbocycles. The van der Waals surface area contributed by atoms with Crippen molar-refractivity contribution in [2.45, 2.75) is 149 Å². The first-order valence-electron chi connectivity index (χ1n) is 18.7. The van der Waals surface area contributed by atoms with Crippen LogP contribution in [-0.4, -0.2) is 222 Å². The van der Waals surface area contributed by atoms with Gasteiger partial charge in [-0.15, -0.1) is 6.58 Å². The van der Waals surface area contributed by atoms with Crippen LogP contribution in [0.1, 0.15) is 39.0 Å². The van der Waals surface area contributed by atoms with E-state index in [2.05, 4.69) is 17.2 Å². The molecule has 0 aromatic rings. The molecule has 3 rings (SSSR count). The highest BCUT2D eigenvalue weighted by Crippen LogP contribution is 2.38. The standard InChI is InChI=1S/C34H59N3O21/c1-3-16(42)15(37-21(45)7-5-4-6-8-35)13-53-31-26(49)25(48)28(20(12-40)55-31)56-32-27(50)30(24(47)19(11-39)54-32)58-34(33(51)52)9-17(43)22(36-14(2)41)29(57-34)23(46)18(44)10-38/h3,15-20,22-32,38-40,42-44,46-50H,1,4-13,35H2,2H3,(H,36,41)(H,37,45)(H,51,52)/t15-,16+,17-,18+,19+,20+,22+,23+,24-,25+,26+,27+,28+,29+,30-,31+,32-,34-/m0/s1. The first-order valence-corrected chi connectivity index (χ1v) is 18.7. The Morgan fingerprint density at radius 3 is 2.14 bits per heavy atom. The van der Waals surface area contributed by atoms with Gasteiger partial charge in [-0.05, 0) is 19.4 Å². The second kappa shape index (κ2) is 22.9. The van der Waals surface area contributed by atoms with Gasteiger partial charge in [0.1, 0.15) is 67.1 Å². The number of rotatable bonds is 22. The maximum atomic E-state index is 12.8. The van der Waals surface area contributed by atoms with Gasteiger partial charge in [-0.1, -0.05) is 12.5 Å². The number of carbonyl (C=O) groups excluding carboxylic acids is 2. The number of carboxylic acids is 1. The molecule has 58 heavy (non-hydrogen) atoms. The molecule has 0 aromatic carbocycles. The van der Waals surface area contributed by atoms with Crippen molar-refractivity contribution in [3.8, 4) is 0 Å². The molecule has 0 spiro atoms. The Morgan fingerprint density at radius 1 is 0.914 bits per heavy atom. The lowest BCUT2D eigenvalue weighted by molar-refractivity contribution is -0.386. The molecule has 336 valence electrons. The van der Waals surface area contributed by atoms with Gasteiger partial charge >= 0.3 is 5.97 Å². The summed E-state index contributed by atoms with van der Waals surface area (Å²) in [7, 11) is 0. The predicted octanol–water partition coefficient (Wildman–Crippen LogP) is -7.65. The number of aliphatic hydroxyl groups excluding tert-OH is 11. The van der Waals surface area contributed by atoms with E-state index in [4.69, 9.17) is 34.2 Å². The van der Waals surface area contributed by atoms with Crippen LogP contribution in [0.4, 0.5) is 0 Å². The monoisotopic (exact) mass is 845 g/mol. The van der Waals surface area contributed by atoms with E-state index in [0.717, 1.165) is 13.0 Å². The molecule has 2 amide bonds. The summed E-state index contributed by atoms with van der Waals surface area (Å²) in [6.07, 6.45) is -26.5. The van der Waals surface area contributed by atoms with E-state index in [0.29, 0.717) is 25.8 Å². The number of nitrogens with two attached hydrogens (primary N) is 1. The van der Waals surface area contributed by atoms with Gasteiger partial charge in [0.05, 0.1) is 50.7 Å². The molecule has 3 aliphatic heterocycles. The van der Waals surface area contributed by atoms with E-state index in [1.54, 1.807) is 0 Å². The van der Waals surface area contributed by atoms with Crippen molar-refractivity contribution in [3.63, 3.8) is 0 Å². The van der Waals surface area contributed by atoms with Gasteiger partial charge in [0, 0.05) is 19.8 Å². The lowest BCUT2D eigenvalue weighted by Gasteiger charge is -2.50. The van der Waals surface area contributed by atoms with Crippen LogP contribution in [0, 0.1) is 0 Å². The van der Waals surface area contributed by atoms with E-state index < -0.39 is 160 Å². The van der Waals surface area contributed by atoms with Crippen molar-refractivity contribution >= 4 is 17.8 Å². The van der Waals surface area contributed by atoms with Crippen LogP contribution in [0.15, 0.2) is 12.7 Å². The van der Waals surface area contributed by atoms with Gasteiger partial charge in [-0.25, -0.2) is 4.79 Å². The minimum Gasteiger partial charge on any atom is -0.477 e. The van der Waals surface area contributed by atoms with Gasteiger partial charge in [0.25, 0.3) is 5.79 Å². The summed E-state index contributed by atoms with van der Waals surface area (Å²) in [5.41, 5.74) is 5.47. The number of unbranched alkanes of at least 4 members (excludes halogenated alkanes) is 2. The number of hydrogen-bond donors (Lipinski definition) is 15. The van der Waals surface area contributed by atoms with Crippen molar-refractivity contribution in [1.82, 2.24) is 10.6 Å². The number of carbonyl (C=O) groups is 3. The highest BCUT2D eigenvalue weighted by Gasteiger charge is 2.60. The first kappa shape index (κ1) is 49.8. The summed E-state index contributed by atoms with van der Waals surface area (Å²) in [6.45, 7) is 1.50. The molecule has 0 bridgehead atoms. The second-order valence-electron chi connectivity index (χ2n) is 14.3. The molecular weight excluding hydrogens is 786 g/mol. The van der Waals surface area contributed by atoms with Gasteiger partial charge in [0.2, 0.25) is 11.8 Å². The van der Waals surface area contributed by atoms with Gasteiger partial charge < -0.3 is 106 Å². The quantitative estimate of drug-likeness (QED) is 0.0355. The Bertz CT molecular complexity index is 1320. The summed E-state index contributed by atoms with van der Waals surface area (Å²) in [4.78, 5) is 37.1. The third-order valence-corrected chi connectivity index (χ3v) is 9.99. The van der Waals surface area contributed by atoms with Gasteiger partial charge in [-0.2, -0.15) is 0 Å². The molecule has 3 fully saturated rings. The second-order valence-corrected chi connectivity index (χ2v) is 14.3. The summed E-state index contributed by atoms with van der Waals surface area (Å²) >= 11 is 0. The van der Waals surface area contributed by atoms with Crippen molar-refractivity contribution in [1.29, 1.82) is 0 Å². The first-order chi connectivity index (χ1) is 27.4. The average Bonchev–Trinajstić information content (AvgIpc) is 3.19. The third kappa shape index (κ3) is 12.3. The highest BCUT2D eigenvalue weighted by molar-refractivity contribution is 5.77. The Balaban J connectivity index is 1.81. The molecule has 0 radical (unpaired) electrons. The lowest BCUT2D eigenvalue weighted by atomic mass is 9.88. The number of hydrogen-bond acceptors (Lipinski definition) is 21. The Morgan fingerprint density at radius 2 is 1.57 bits per heavy atom. The van der Waals surface area contributed by atoms with Crippen LogP contribution in [-0.2, 0) is 42.8 Å². The van der Waals surface area contributed by atoms with Crippen LogP contribution in [0.25, 0.3) is 0 Å². The fourth-order valence-corrected chi connectivity index (χ4v) is 6.76. The number of aliphatic carboxylic acids is 1. The molecular formula is C34H59N3O21. The molecule has 3 saturated heterocycles. The summed E-state index contributed by atoms with van der Waals surface area (Å²) < 4.78 is 33.6. The number of amides is 2. The Kier molecular flexibility index (Phi) is 19.6. The number of nitrogens with one attached hydrogen (secondary N) is 2. The van der Waals surface area contributed by atoms with Crippen molar-refractivity contribution in [2.75, 3.05) is 33.0 Å². The topological polar surface area (TPSA) is 399 Å². The average molecular weight is 846 g/mol. The molecule has 3 heterocycles. The molecule has 24 heteroatoms. The summed E-state index contributed by atoms with van der Waals surface area (Å²) in [5, 5.41) is 132. The zero-order valence-corrected chi connectivity index (χ0v) is 31.8. The van der Waals surface area contributed by atoms with Gasteiger partial charge in [-0.3, -0.25) is 9.59 Å². The Labute approximate surface area is 332 Å². The van der Waals surface area contributed by atoms with E-state index in [-0.39, 0.29) is 6.42 Å². The van der Waals surface area contributed by atoms with E-state index >= 15 is 0 Å². The fourth-order valence-electron chi connectivity index (χ4n) is 6.76. The molecule has 16 N–H and O–H groups in total. The normalized spacial score (nSPS) is 37.6. The van der Waals surface area contributed by atoms with Crippen molar-refractivity contribution in [3.05, 3.63) is 12.7 Å². The minimum atomic E-state index is -3.08. The zero-order chi connectivity index (χ0) is 43.5. The van der Waals surface area contributed by atoms with E-state index in [9.17, 15) is 75.7 Å². The number of ether oxygens (including phenoxy) is 6. The SMILES string of the molecule is C=C[C@@H](O)[C@H](CO[C@@H]1O[C@H](CO)[C@@H](O[C@@H]2O[C@H](CO)[C@H](O)[C@H](O[C@]3(C(=O)O)C[C@H](O)[C@@H](NC(C)=O)[C@H]([C@H](O)[C@H](O)CO)O3)[C@H]2O)[C@H](O)[C@H]1O)NC(=O)CCCCCN. The largest absolute Gasteiger partial charge is 0.477 e. The lowest BCUT2D eigenvalue weighted by Crippen LogP contribution is -2.70. The smallest absolute Gasteiger partial charge is 0.364 e. The summed E-state index contributed by atoms with van der Waals surface area (Å²) in [6, 6.07) is -2.66. The van der Waals surface area contributed by atoms with Crippen LogP contribution in [0.3, 0.4) is 0 Å². The minimum absolute atomic E-state index is 0.117. The van der Waals surface area contributed by atoms with Crippen LogP contribution < -0.4 is 16.4 Å². The molecule has 24 nitrogen and oxygen atoms in total. The number of aliphatic hydroxyl groups is 11. The number of carboxylic acid groups (broad SMARTS) is 1. The molecule has 0 aromatic heterocycles. The third-order valence-electron chi connectivity index (χ3n) is 9.99. The van der Waals surface area contributed by atoms with Crippen molar-refractivity contribution in [2.24, 2.45) is 5.73 Å². The van der Waals surface area contributed by atoms with Crippen LogP contribution in [0.5, 0.6) is 0 Å². The molecule has 18 atom stereocenters. The highest BCUT2D eigenvalue weighted by atomic mass is 16.8. The van der Waals surface area contributed by atoms with Crippen LogP contribution >= 0.6 is 0 Å². The van der Waals surface area contributed by atoms with Crippen molar-refractivity contribution < 1.29 is 104 Å². The maximum Gasteiger partial charge on any atom is 0.364 e. The zero-order valence-electron chi connectivity index (χ0n) is 31.8. The van der Waals surface area contributed by atoms with Gasteiger partial charge in [0.15, 0.2) is 12.6 Å². The molecule has 0 saturated carbocycles. The van der Waals surface area contributed by atoms with Crippen LogP contribution in [0.2, 0.25) is 0 Å². The van der Waals surface area contributed by atoms with E-state index in [1.165, 1.54) is 0 Å². The molecule has 3 aliphatic rings. The predicted molar refractivity (Wildman–Crippen MR) is 189 cm³/mol. The molecule has 0 unspecified atom stereocenters. The Hall–Kier alpha value is -2.57. The fraction of sp³-hybridized carbons (Fsp3) is 0.853. The maximum absolute atomic E-state index is 12.8.